The Morgan fingerprint density at radius 3 is 3.14 bits per heavy atom. The molecule has 2 aromatic rings. The monoisotopic (exact) mass is 318 g/mol. The van der Waals surface area contributed by atoms with Gasteiger partial charge in [0.1, 0.15) is 17.0 Å². The average Bonchev–Trinajstić information content (AvgIpc) is 3.03. The number of aliphatic hydroxyl groups is 1. The van der Waals surface area contributed by atoms with Gasteiger partial charge in [-0.15, -0.1) is 11.3 Å². The molecular weight excluding hydrogens is 296 g/mol. The van der Waals surface area contributed by atoms with E-state index in [-0.39, 0.29) is 5.41 Å². The predicted octanol–water partition coefficient (Wildman–Crippen LogP) is 1.97. The molecule has 0 spiro atoms. The first-order chi connectivity index (χ1) is 10.7. The van der Waals surface area contributed by atoms with Crippen molar-refractivity contribution in [3.63, 3.8) is 0 Å². The summed E-state index contributed by atoms with van der Waals surface area (Å²) >= 11 is 1.66. The number of thiophene rings is 1. The van der Waals surface area contributed by atoms with Gasteiger partial charge in [-0.2, -0.15) is 0 Å². The molecule has 2 aromatic heterocycles. The smallest absolute Gasteiger partial charge is 0.140 e. The van der Waals surface area contributed by atoms with Crippen molar-refractivity contribution in [3.05, 3.63) is 17.8 Å². The molecule has 0 unspecified atom stereocenters. The van der Waals surface area contributed by atoms with E-state index in [1.807, 2.05) is 0 Å². The van der Waals surface area contributed by atoms with Crippen LogP contribution >= 0.6 is 11.3 Å². The summed E-state index contributed by atoms with van der Waals surface area (Å²) < 4.78 is 0. The number of anilines is 1. The lowest BCUT2D eigenvalue weighted by Gasteiger charge is -2.53. The maximum atomic E-state index is 10.0. The number of piperidine rings is 2. The summed E-state index contributed by atoms with van der Waals surface area (Å²) in [5, 5.41) is 13.3. The Hall–Kier alpha value is -1.24. The zero-order valence-corrected chi connectivity index (χ0v) is 13.7. The molecular formula is C16H22N4OS. The quantitative estimate of drug-likeness (QED) is 0.917. The van der Waals surface area contributed by atoms with Crippen LogP contribution in [0.4, 0.5) is 5.82 Å². The van der Waals surface area contributed by atoms with Gasteiger partial charge in [0.25, 0.3) is 0 Å². The van der Waals surface area contributed by atoms with Crippen LogP contribution in [-0.4, -0.2) is 59.3 Å². The van der Waals surface area contributed by atoms with E-state index in [9.17, 15) is 5.11 Å². The summed E-state index contributed by atoms with van der Waals surface area (Å²) in [6, 6.07) is 2.53. The van der Waals surface area contributed by atoms with Gasteiger partial charge in [-0.25, -0.2) is 9.97 Å². The second-order valence-corrected chi connectivity index (χ2v) is 7.55. The second-order valence-electron chi connectivity index (χ2n) is 6.65. The molecule has 2 fully saturated rings. The van der Waals surface area contributed by atoms with Crippen LogP contribution in [0.2, 0.25) is 0 Å². The van der Waals surface area contributed by atoms with Crippen LogP contribution in [0.1, 0.15) is 19.3 Å². The Morgan fingerprint density at radius 1 is 1.36 bits per heavy atom. The molecule has 0 aromatic carbocycles. The van der Waals surface area contributed by atoms with E-state index in [1.165, 1.54) is 6.42 Å². The number of likely N-dealkylation sites (N-methyl/N-ethyl adjacent to an activating group) is 1. The Kier molecular flexibility index (Phi) is 3.55. The third-order valence-electron chi connectivity index (χ3n) is 5.55. The minimum atomic E-state index is 0.0737. The van der Waals surface area contributed by atoms with Crippen molar-refractivity contribution >= 4 is 27.4 Å². The topological polar surface area (TPSA) is 52.5 Å². The number of nitrogens with zero attached hydrogens (tertiary/aromatic N) is 4. The summed E-state index contributed by atoms with van der Waals surface area (Å²) in [4.78, 5) is 14.8. The van der Waals surface area contributed by atoms with Crippen molar-refractivity contribution < 1.29 is 5.11 Å². The summed E-state index contributed by atoms with van der Waals surface area (Å²) in [6.07, 6.45) is 5.04. The maximum Gasteiger partial charge on any atom is 0.140 e. The number of fused-ring (bicyclic) bond motifs is 2. The van der Waals surface area contributed by atoms with Gasteiger partial charge in [0.05, 0.1) is 12.0 Å². The summed E-state index contributed by atoms with van der Waals surface area (Å²) in [5.74, 6) is 1.05. The molecule has 6 heteroatoms. The normalized spacial score (nSPS) is 29.7. The molecule has 2 atom stereocenters. The molecule has 4 heterocycles. The molecule has 0 bridgehead atoms. The number of likely N-dealkylation sites (tertiary alicyclic amines) is 1. The zero-order valence-electron chi connectivity index (χ0n) is 12.9. The summed E-state index contributed by atoms with van der Waals surface area (Å²) in [5.41, 5.74) is 0.0737. The fourth-order valence-corrected chi connectivity index (χ4v) is 4.96. The molecule has 0 saturated carbocycles. The van der Waals surface area contributed by atoms with Crippen LogP contribution < -0.4 is 4.90 Å². The highest BCUT2D eigenvalue weighted by molar-refractivity contribution is 7.16. The predicted molar refractivity (Wildman–Crippen MR) is 89.4 cm³/mol. The Bertz CT molecular complexity index is 675. The highest BCUT2D eigenvalue weighted by Gasteiger charge is 2.46. The first-order valence-electron chi connectivity index (χ1n) is 7.98. The number of aliphatic hydroxyl groups excluding tert-OH is 1. The molecule has 22 heavy (non-hydrogen) atoms. The fraction of sp³-hybridized carbons (Fsp3) is 0.625. The van der Waals surface area contributed by atoms with Gasteiger partial charge in [-0.1, -0.05) is 0 Å². The molecule has 118 valence electrons. The van der Waals surface area contributed by atoms with E-state index < -0.39 is 0 Å². The van der Waals surface area contributed by atoms with Crippen LogP contribution in [0, 0.1) is 5.41 Å². The fourth-order valence-electron chi connectivity index (χ4n) is 4.24. The standard InChI is InChI=1S/C16H22N4OS/c1-19-6-2-4-16(10-21)5-7-20(9-13(16)19)14-12-3-8-22-15(12)18-11-17-14/h3,8,11,13,21H,2,4-7,9-10H2,1H3/t13-,16-/m1/s1. The third-order valence-corrected chi connectivity index (χ3v) is 6.37. The Morgan fingerprint density at radius 2 is 2.27 bits per heavy atom. The summed E-state index contributed by atoms with van der Waals surface area (Å²) in [6.45, 7) is 3.33. The van der Waals surface area contributed by atoms with E-state index in [0.717, 1.165) is 48.5 Å². The van der Waals surface area contributed by atoms with E-state index >= 15 is 0 Å². The van der Waals surface area contributed by atoms with Gasteiger partial charge >= 0.3 is 0 Å². The largest absolute Gasteiger partial charge is 0.396 e. The minimum Gasteiger partial charge on any atom is -0.396 e. The highest BCUT2D eigenvalue weighted by Crippen LogP contribution is 2.43. The molecule has 2 saturated heterocycles. The van der Waals surface area contributed by atoms with Gasteiger partial charge in [0, 0.05) is 24.5 Å². The van der Waals surface area contributed by atoms with Crippen molar-refractivity contribution in [1.82, 2.24) is 14.9 Å². The lowest BCUT2D eigenvalue weighted by Crippen LogP contribution is -2.61. The van der Waals surface area contributed by atoms with Crippen molar-refractivity contribution in [1.29, 1.82) is 0 Å². The van der Waals surface area contributed by atoms with Gasteiger partial charge in [0.15, 0.2) is 0 Å². The van der Waals surface area contributed by atoms with Crippen LogP contribution in [0.15, 0.2) is 17.8 Å². The number of hydrogen-bond acceptors (Lipinski definition) is 6. The van der Waals surface area contributed by atoms with Crippen LogP contribution in [0.25, 0.3) is 10.2 Å². The second kappa shape index (κ2) is 5.44. The third kappa shape index (κ3) is 2.13. The van der Waals surface area contributed by atoms with Gasteiger partial charge in [-0.3, -0.25) is 0 Å². The first-order valence-corrected chi connectivity index (χ1v) is 8.86. The molecule has 2 aliphatic heterocycles. The number of hydrogen-bond donors (Lipinski definition) is 1. The number of aromatic nitrogens is 2. The lowest BCUT2D eigenvalue weighted by atomic mass is 9.69. The Balaban J connectivity index is 1.67. The van der Waals surface area contributed by atoms with E-state index in [4.69, 9.17) is 0 Å². The minimum absolute atomic E-state index is 0.0737. The highest BCUT2D eigenvalue weighted by atomic mass is 32.1. The van der Waals surface area contributed by atoms with Crippen molar-refractivity contribution in [2.75, 3.05) is 38.2 Å². The van der Waals surface area contributed by atoms with Crippen LogP contribution in [0.5, 0.6) is 0 Å². The molecule has 0 radical (unpaired) electrons. The van der Waals surface area contributed by atoms with Crippen molar-refractivity contribution in [3.8, 4) is 0 Å². The average molecular weight is 318 g/mol. The molecule has 0 amide bonds. The van der Waals surface area contributed by atoms with E-state index in [2.05, 4.69) is 38.3 Å². The SMILES string of the molecule is CN1CCC[C@]2(CO)CCN(c3ncnc4sccc34)C[C@@H]12. The van der Waals surface area contributed by atoms with Crippen molar-refractivity contribution in [2.45, 2.75) is 25.3 Å². The molecule has 5 nitrogen and oxygen atoms in total. The van der Waals surface area contributed by atoms with Crippen molar-refractivity contribution in [2.24, 2.45) is 5.41 Å². The first kappa shape index (κ1) is 14.4. The molecule has 1 N–H and O–H groups in total. The number of rotatable bonds is 2. The summed E-state index contributed by atoms with van der Waals surface area (Å²) in [7, 11) is 2.19. The molecule has 2 aliphatic rings. The van der Waals surface area contributed by atoms with Gasteiger partial charge in [-0.05, 0) is 44.3 Å². The zero-order chi connectivity index (χ0) is 15.2. The van der Waals surface area contributed by atoms with Gasteiger partial charge < -0.3 is 14.9 Å². The Labute approximate surface area is 134 Å². The van der Waals surface area contributed by atoms with E-state index in [0.29, 0.717) is 12.6 Å². The van der Waals surface area contributed by atoms with Crippen LogP contribution in [-0.2, 0) is 0 Å². The lowest BCUT2D eigenvalue weighted by molar-refractivity contribution is -0.0277. The molecule has 4 rings (SSSR count). The molecule has 0 aliphatic carbocycles. The van der Waals surface area contributed by atoms with Gasteiger partial charge in [0.2, 0.25) is 0 Å². The van der Waals surface area contributed by atoms with Crippen LogP contribution in [0.3, 0.4) is 0 Å². The van der Waals surface area contributed by atoms with E-state index in [1.54, 1.807) is 17.7 Å². The maximum absolute atomic E-state index is 10.0.